The predicted molar refractivity (Wildman–Crippen MR) is 112 cm³/mol. The van der Waals surface area contributed by atoms with Crippen LogP contribution in [0.4, 0.5) is 0 Å². The van der Waals surface area contributed by atoms with Crippen LogP contribution in [-0.2, 0) is 18.3 Å². The number of halogens is 2. The van der Waals surface area contributed by atoms with E-state index in [2.05, 4.69) is 61.8 Å². The summed E-state index contributed by atoms with van der Waals surface area (Å²) in [6.07, 6.45) is 3.17. The molecule has 134 valence electrons. The van der Waals surface area contributed by atoms with Crippen LogP contribution in [0.25, 0.3) is 0 Å². The fraction of sp³-hybridized carbons (Fsp3) is 0.688. The Morgan fingerprint density at radius 2 is 2.13 bits per heavy atom. The second-order valence-electron chi connectivity index (χ2n) is 5.89. The number of rotatable bonds is 8. The van der Waals surface area contributed by atoms with Gasteiger partial charge >= 0.3 is 0 Å². The Morgan fingerprint density at radius 1 is 1.43 bits per heavy atom. The summed E-state index contributed by atoms with van der Waals surface area (Å²) >= 11 is 3.50. The lowest BCUT2D eigenvalue weighted by Crippen LogP contribution is -2.40. The minimum absolute atomic E-state index is 0. The third-order valence-electron chi connectivity index (χ3n) is 3.42. The summed E-state index contributed by atoms with van der Waals surface area (Å²) in [7, 11) is 5.89. The Kier molecular flexibility index (Phi) is 12.0. The molecule has 1 heterocycles. The summed E-state index contributed by atoms with van der Waals surface area (Å²) in [6.45, 7) is 7.52. The van der Waals surface area contributed by atoms with Gasteiger partial charge in [0.25, 0.3) is 0 Å². The third-order valence-corrected chi connectivity index (χ3v) is 3.85. The van der Waals surface area contributed by atoms with Crippen LogP contribution in [0.2, 0.25) is 0 Å². The molecular formula is C16H30BrIN4O. The molecule has 5 nitrogen and oxygen atoms in total. The van der Waals surface area contributed by atoms with E-state index in [1.807, 2.05) is 14.1 Å². The third kappa shape index (κ3) is 8.95. The van der Waals surface area contributed by atoms with Gasteiger partial charge in [-0.3, -0.25) is 4.99 Å². The van der Waals surface area contributed by atoms with Crippen molar-refractivity contribution in [3.8, 4) is 0 Å². The SMILES string of the molecule is CN=C(NCCOCCC(C)C)N(C)Cc1cc(Br)cn1C.I. The largest absolute Gasteiger partial charge is 0.380 e. The molecule has 0 radical (unpaired) electrons. The minimum Gasteiger partial charge on any atom is -0.380 e. The Hall–Kier alpha value is -0.280. The van der Waals surface area contributed by atoms with E-state index in [9.17, 15) is 0 Å². The van der Waals surface area contributed by atoms with E-state index in [0.717, 1.165) is 36.5 Å². The van der Waals surface area contributed by atoms with Crippen molar-refractivity contribution in [2.24, 2.45) is 18.0 Å². The monoisotopic (exact) mass is 500 g/mol. The van der Waals surface area contributed by atoms with Crippen molar-refractivity contribution < 1.29 is 4.74 Å². The van der Waals surface area contributed by atoms with E-state index >= 15 is 0 Å². The van der Waals surface area contributed by atoms with Gasteiger partial charge in [0.15, 0.2) is 5.96 Å². The number of aryl methyl sites for hydroxylation is 1. The van der Waals surface area contributed by atoms with Gasteiger partial charge in [0.2, 0.25) is 0 Å². The lowest BCUT2D eigenvalue weighted by atomic mass is 10.1. The average Bonchev–Trinajstić information content (AvgIpc) is 2.75. The van der Waals surface area contributed by atoms with Gasteiger partial charge in [-0.25, -0.2) is 0 Å². The predicted octanol–water partition coefficient (Wildman–Crippen LogP) is 3.48. The van der Waals surface area contributed by atoms with E-state index in [1.54, 1.807) is 7.05 Å². The summed E-state index contributed by atoms with van der Waals surface area (Å²) in [6, 6.07) is 2.12. The van der Waals surface area contributed by atoms with Crippen LogP contribution >= 0.6 is 39.9 Å². The van der Waals surface area contributed by atoms with Gasteiger partial charge in [-0.15, -0.1) is 24.0 Å². The van der Waals surface area contributed by atoms with E-state index < -0.39 is 0 Å². The normalized spacial score (nSPS) is 11.5. The molecule has 1 aromatic heterocycles. The van der Waals surface area contributed by atoms with Crippen molar-refractivity contribution in [2.75, 3.05) is 33.9 Å². The summed E-state index contributed by atoms with van der Waals surface area (Å²) in [5.74, 6) is 1.57. The lowest BCUT2D eigenvalue weighted by Gasteiger charge is -2.22. The molecule has 0 unspecified atom stereocenters. The maximum atomic E-state index is 5.61. The van der Waals surface area contributed by atoms with Crippen molar-refractivity contribution in [1.29, 1.82) is 0 Å². The quantitative estimate of drug-likeness (QED) is 0.257. The number of aliphatic imine (C=N–C) groups is 1. The number of aromatic nitrogens is 1. The van der Waals surface area contributed by atoms with Crippen LogP contribution in [-0.4, -0.2) is 49.3 Å². The molecule has 1 rings (SSSR count). The van der Waals surface area contributed by atoms with Crippen molar-refractivity contribution >= 4 is 45.9 Å². The molecule has 0 atom stereocenters. The van der Waals surface area contributed by atoms with Crippen LogP contribution in [0.3, 0.4) is 0 Å². The van der Waals surface area contributed by atoms with Crippen LogP contribution in [0.1, 0.15) is 26.0 Å². The number of ether oxygens (including phenoxy) is 1. The summed E-state index contributed by atoms with van der Waals surface area (Å²) in [5.41, 5.74) is 1.23. The first kappa shape index (κ1) is 22.7. The highest BCUT2D eigenvalue weighted by atomic mass is 127. The Balaban J connectivity index is 0.00000484. The van der Waals surface area contributed by atoms with E-state index in [1.165, 1.54) is 5.69 Å². The van der Waals surface area contributed by atoms with Crippen LogP contribution in [0.15, 0.2) is 21.7 Å². The topological polar surface area (TPSA) is 41.8 Å². The van der Waals surface area contributed by atoms with Gasteiger partial charge in [-0.2, -0.15) is 0 Å². The van der Waals surface area contributed by atoms with Gasteiger partial charge in [0, 0.05) is 50.7 Å². The molecule has 0 fully saturated rings. The summed E-state index contributed by atoms with van der Waals surface area (Å²) in [4.78, 5) is 6.43. The molecule has 0 saturated carbocycles. The second-order valence-corrected chi connectivity index (χ2v) is 6.80. The molecule has 0 spiro atoms. The molecule has 0 aliphatic carbocycles. The highest BCUT2D eigenvalue weighted by Crippen LogP contribution is 2.14. The molecule has 0 saturated heterocycles. The zero-order valence-corrected chi connectivity index (χ0v) is 18.7. The Morgan fingerprint density at radius 3 is 2.65 bits per heavy atom. The zero-order chi connectivity index (χ0) is 16.5. The Bertz CT molecular complexity index is 477. The molecule has 0 aromatic carbocycles. The standard InChI is InChI=1S/C16H29BrN4O.HI/c1-13(2)6-8-22-9-7-19-16(18-3)21(5)12-15-10-14(17)11-20(15)4;/h10-11,13H,6-9,12H2,1-5H3,(H,18,19);1H. The molecule has 7 heteroatoms. The highest BCUT2D eigenvalue weighted by Gasteiger charge is 2.09. The van der Waals surface area contributed by atoms with E-state index in [-0.39, 0.29) is 24.0 Å². The molecule has 23 heavy (non-hydrogen) atoms. The van der Waals surface area contributed by atoms with Crippen molar-refractivity contribution in [2.45, 2.75) is 26.8 Å². The van der Waals surface area contributed by atoms with Crippen LogP contribution in [0.5, 0.6) is 0 Å². The smallest absolute Gasteiger partial charge is 0.193 e. The van der Waals surface area contributed by atoms with Crippen LogP contribution in [0, 0.1) is 5.92 Å². The molecule has 1 aromatic rings. The second kappa shape index (κ2) is 12.1. The minimum atomic E-state index is 0. The van der Waals surface area contributed by atoms with E-state index in [0.29, 0.717) is 12.5 Å². The number of guanidine groups is 1. The molecular weight excluding hydrogens is 471 g/mol. The average molecular weight is 501 g/mol. The summed E-state index contributed by atoms with van der Waals surface area (Å²) in [5, 5.41) is 3.33. The van der Waals surface area contributed by atoms with E-state index in [4.69, 9.17) is 4.74 Å². The van der Waals surface area contributed by atoms with Crippen molar-refractivity contribution in [3.05, 3.63) is 22.4 Å². The maximum absolute atomic E-state index is 5.61. The maximum Gasteiger partial charge on any atom is 0.193 e. The van der Waals surface area contributed by atoms with Crippen molar-refractivity contribution in [3.63, 3.8) is 0 Å². The van der Waals surface area contributed by atoms with Crippen molar-refractivity contribution in [1.82, 2.24) is 14.8 Å². The van der Waals surface area contributed by atoms with Gasteiger partial charge in [-0.1, -0.05) is 13.8 Å². The number of hydrogen-bond donors (Lipinski definition) is 1. The van der Waals surface area contributed by atoms with Gasteiger partial charge in [0.05, 0.1) is 13.2 Å². The van der Waals surface area contributed by atoms with Gasteiger partial charge in [-0.05, 0) is 34.3 Å². The highest BCUT2D eigenvalue weighted by molar-refractivity contribution is 14.0. The van der Waals surface area contributed by atoms with Gasteiger partial charge < -0.3 is 19.5 Å². The lowest BCUT2D eigenvalue weighted by molar-refractivity contribution is 0.127. The number of nitrogens with zero attached hydrogens (tertiary/aromatic N) is 3. The first-order chi connectivity index (χ1) is 10.4. The Labute approximate surface area is 166 Å². The van der Waals surface area contributed by atoms with Gasteiger partial charge in [0.1, 0.15) is 0 Å². The fourth-order valence-corrected chi connectivity index (χ4v) is 2.65. The summed E-state index contributed by atoms with van der Waals surface area (Å²) < 4.78 is 8.82. The zero-order valence-electron chi connectivity index (χ0n) is 14.8. The first-order valence-electron chi connectivity index (χ1n) is 7.74. The number of nitrogens with one attached hydrogen (secondary N) is 1. The molecule has 0 bridgehead atoms. The molecule has 1 N–H and O–H groups in total. The first-order valence-corrected chi connectivity index (χ1v) is 8.53. The van der Waals surface area contributed by atoms with Crippen LogP contribution < -0.4 is 5.32 Å². The fourth-order valence-electron chi connectivity index (χ4n) is 2.08. The molecule has 0 aliphatic rings. The molecule has 0 amide bonds. The molecule has 0 aliphatic heterocycles. The number of hydrogen-bond acceptors (Lipinski definition) is 2.